The lowest BCUT2D eigenvalue weighted by molar-refractivity contribution is -0.167. The van der Waals surface area contributed by atoms with Crippen molar-refractivity contribution in [3.05, 3.63) is 0 Å². The molecule has 1 atom stereocenters. The highest BCUT2D eigenvalue weighted by Gasteiger charge is 2.19. The van der Waals surface area contributed by atoms with Gasteiger partial charge in [0.25, 0.3) is 0 Å². The summed E-state index contributed by atoms with van der Waals surface area (Å²) in [5.74, 6) is -0.0281. The highest BCUT2D eigenvalue weighted by atomic mass is 16.6. The molecule has 0 N–H and O–H groups in total. The predicted molar refractivity (Wildman–Crippen MR) is 247 cm³/mol. The zero-order valence-corrected chi connectivity index (χ0v) is 39.5. The summed E-state index contributed by atoms with van der Waals surface area (Å²) in [6.07, 6.45) is 48.0. The molecule has 0 fully saturated rings. The van der Waals surface area contributed by atoms with E-state index in [2.05, 4.69) is 27.7 Å². The van der Waals surface area contributed by atoms with Gasteiger partial charge in [-0.05, 0) is 25.2 Å². The van der Waals surface area contributed by atoms with Gasteiger partial charge in [0.15, 0.2) is 6.10 Å². The van der Waals surface area contributed by atoms with Crippen LogP contribution in [0.15, 0.2) is 0 Å². The van der Waals surface area contributed by atoms with Crippen molar-refractivity contribution >= 4 is 17.9 Å². The molecule has 0 saturated heterocycles. The van der Waals surface area contributed by atoms with Crippen molar-refractivity contribution in [2.24, 2.45) is 5.92 Å². The molecule has 344 valence electrons. The molecule has 0 aromatic rings. The Labute approximate surface area is 361 Å². The minimum Gasteiger partial charge on any atom is -0.462 e. The van der Waals surface area contributed by atoms with E-state index in [0.717, 1.165) is 63.7 Å². The molecule has 0 bridgehead atoms. The minimum absolute atomic E-state index is 0.0628. The number of hydrogen-bond acceptors (Lipinski definition) is 6. The van der Waals surface area contributed by atoms with Crippen LogP contribution in [0, 0.1) is 5.92 Å². The average molecular weight is 821 g/mol. The first-order chi connectivity index (χ1) is 28.4. The zero-order valence-electron chi connectivity index (χ0n) is 39.5. The first-order valence-electron chi connectivity index (χ1n) is 25.9. The van der Waals surface area contributed by atoms with E-state index in [4.69, 9.17) is 14.2 Å². The van der Waals surface area contributed by atoms with Crippen LogP contribution in [-0.2, 0) is 28.6 Å². The van der Waals surface area contributed by atoms with Gasteiger partial charge in [-0.2, -0.15) is 0 Å². The van der Waals surface area contributed by atoms with E-state index < -0.39 is 6.10 Å². The van der Waals surface area contributed by atoms with E-state index in [9.17, 15) is 14.4 Å². The highest BCUT2D eigenvalue weighted by molar-refractivity contribution is 5.71. The van der Waals surface area contributed by atoms with E-state index in [1.165, 1.54) is 186 Å². The smallest absolute Gasteiger partial charge is 0.306 e. The molecule has 0 radical (unpaired) electrons. The number of hydrogen-bond donors (Lipinski definition) is 0. The van der Waals surface area contributed by atoms with Crippen LogP contribution in [0.5, 0.6) is 0 Å². The van der Waals surface area contributed by atoms with Crippen molar-refractivity contribution in [3.63, 3.8) is 0 Å². The number of ether oxygens (including phenoxy) is 3. The Morgan fingerprint density at radius 2 is 0.569 bits per heavy atom. The predicted octanol–water partition coefficient (Wildman–Crippen LogP) is 16.7. The molecule has 0 rings (SSSR count). The van der Waals surface area contributed by atoms with Crippen molar-refractivity contribution in [1.82, 2.24) is 0 Å². The molecule has 0 amide bonds. The number of unbranched alkanes of at least 4 members (excludes halogenated alkanes) is 34. The first-order valence-corrected chi connectivity index (χ1v) is 25.9. The maximum absolute atomic E-state index is 12.8. The van der Waals surface area contributed by atoms with Crippen LogP contribution in [0.2, 0.25) is 0 Å². The SMILES string of the molecule is CCCCCCCCCCCCCCCCC(=O)OC[C@H](COC(=O)CCCCCCCCCCCCCCC)OC(=O)CCCCCCCCCCCCC(C)C. The van der Waals surface area contributed by atoms with Gasteiger partial charge < -0.3 is 14.2 Å². The molecule has 58 heavy (non-hydrogen) atoms. The van der Waals surface area contributed by atoms with E-state index in [-0.39, 0.29) is 31.1 Å². The van der Waals surface area contributed by atoms with Crippen LogP contribution < -0.4 is 0 Å². The standard InChI is InChI=1S/C52H100O6/c1-5-7-9-11-13-15-17-19-21-23-28-32-36-40-44-51(54)57-47-49(58-52(55)45-41-37-33-29-25-24-26-30-34-38-42-48(3)4)46-56-50(53)43-39-35-31-27-22-20-18-16-14-12-10-8-6-2/h48-49H,5-47H2,1-4H3/t49-/m0/s1. The Morgan fingerprint density at radius 3 is 0.845 bits per heavy atom. The molecule has 6 heteroatoms. The zero-order chi connectivity index (χ0) is 42.4. The normalized spacial score (nSPS) is 11.9. The lowest BCUT2D eigenvalue weighted by Crippen LogP contribution is -2.30. The van der Waals surface area contributed by atoms with Gasteiger partial charge in [0.1, 0.15) is 13.2 Å². The van der Waals surface area contributed by atoms with Gasteiger partial charge in [-0.3, -0.25) is 14.4 Å². The fraction of sp³-hybridized carbons (Fsp3) is 0.942. The molecular weight excluding hydrogens is 721 g/mol. The summed E-state index contributed by atoms with van der Waals surface area (Å²) in [5, 5.41) is 0. The summed E-state index contributed by atoms with van der Waals surface area (Å²) in [6, 6.07) is 0. The Hall–Kier alpha value is -1.59. The number of rotatable bonds is 47. The molecule has 0 spiro atoms. The molecule has 0 unspecified atom stereocenters. The van der Waals surface area contributed by atoms with Crippen molar-refractivity contribution in [1.29, 1.82) is 0 Å². The summed E-state index contributed by atoms with van der Waals surface area (Å²) < 4.78 is 16.8. The fourth-order valence-electron chi connectivity index (χ4n) is 7.86. The maximum Gasteiger partial charge on any atom is 0.306 e. The maximum atomic E-state index is 12.8. The summed E-state index contributed by atoms with van der Waals surface area (Å²) >= 11 is 0. The topological polar surface area (TPSA) is 78.9 Å². The second-order valence-corrected chi connectivity index (χ2v) is 18.3. The first kappa shape index (κ1) is 56.4. The Kier molecular flexibility index (Phi) is 45.2. The average Bonchev–Trinajstić information content (AvgIpc) is 3.21. The van der Waals surface area contributed by atoms with Gasteiger partial charge in [0.05, 0.1) is 0 Å². The van der Waals surface area contributed by atoms with Crippen LogP contribution in [0.3, 0.4) is 0 Å². The third kappa shape index (κ3) is 45.5. The largest absolute Gasteiger partial charge is 0.462 e. The lowest BCUT2D eigenvalue weighted by atomic mass is 10.0. The molecule has 6 nitrogen and oxygen atoms in total. The molecule has 0 aliphatic rings. The Bertz CT molecular complexity index is 872. The van der Waals surface area contributed by atoms with Gasteiger partial charge >= 0.3 is 17.9 Å². The van der Waals surface area contributed by atoms with E-state index in [0.29, 0.717) is 19.3 Å². The quantitative estimate of drug-likeness (QED) is 0.0346. The third-order valence-electron chi connectivity index (χ3n) is 11.8. The monoisotopic (exact) mass is 821 g/mol. The highest BCUT2D eigenvalue weighted by Crippen LogP contribution is 2.17. The van der Waals surface area contributed by atoms with Gasteiger partial charge in [-0.1, -0.05) is 252 Å². The second-order valence-electron chi connectivity index (χ2n) is 18.3. The van der Waals surface area contributed by atoms with Crippen molar-refractivity contribution in [2.75, 3.05) is 13.2 Å². The van der Waals surface area contributed by atoms with Gasteiger partial charge in [-0.25, -0.2) is 0 Å². The summed E-state index contributed by atoms with van der Waals surface area (Å²) in [4.78, 5) is 37.9. The number of carbonyl (C=O) groups is 3. The lowest BCUT2D eigenvalue weighted by Gasteiger charge is -2.18. The van der Waals surface area contributed by atoms with Crippen LogP contribution in [0.1, 0.15) is 291 Å². The Morgan fingerprint density at radius 1 is 0.328 bits per heavy atom. The van der Waals surface area contributed by atoms with E-state index >= 15 is 0 Å². The van der Waals surface area contributed by atoms with Gasteiger partial charge in [0, 0.05) is 19.3 Å². The minimum atomic E-state index is -0.760. The summed E-state index contributed by atoms with van der Waals surface area (Å²) in [5.41, 5.74) is 0. The van der Waals surface area contributed by atoms with Crippen LogP contribution in [-0.4, -0.2) is 37.2 Å². The third-order valence-corrected chi connectivity index (χ3v) is 11.8. The molecule has 0 aliphatic carbocycles. The summed E-state index contributed by atoms with van der Waals surface area (Å²) in [6.45, 7) is 9.01. The fourth-order valence-corrected chi connectivity index (χ4v) is 7.86. The van der Waals surface area contributed by atoms with Crippen molar-refractivity contribution in [3.8, 4) is 0 Å². The van der Waals surface area contributed by atoms with Crippen LogP contribution in [0.4, 0.5) is 0 Å². The number of carbonyl (C=O) groups excluding carboxylic acids is 3. The second kappa shape index (κ2) is 46.5. The van der Waals surface area contributed by atoms with E-state index in [1.807, 2.05) is 0 Å². The number of esters is 3. The van der Waals surface area contributed by atoms with Gasteiger partial charge in [0.2, 0.25) is 0 Å². The van der Waals surface area contributed by atoms with Crippen LogP contribution >= 0.6 is 0 Å². The van der Waals surface area contributed by atoms with Crippen molar-refractivity contribution < 1.29 is 28.6 Å². The van der Waals surface area contributed by atoms with Crippen LogP contribution in [0.25, 0.3) is 0 Å². The molecule has 0 aromatic heterocycles. The van der Waals surface area contributed by atoms with Crippen molar-refractivity contribution in [2.45, 2.75) is 297 Å². The Balaban J connectivity index is 4.31. The molecule has 0 aliphatic heterocycles. The molecular formula is C52H100O6. The van der Waals surface area contributed by atoms with Gasteiger partial charge in [-0.15, -0.1) is 0 Å². The molecule has 0 saturated carbocycles. The molecule has 0 aromatic carbocycles. The summed E-state index contributed by atoms with van der Waals surface area (Å²) in [7, 11) is 0. The van der Waals surface area contributed by atoms with E-state index in [1.54, 1.807) is 0 Å². The molecule has 0 heterocycles.